The number of carbonyl (C=O) groups excluding carboxylic acids is 3. The molecule has 39 heavy (non-hydrogen) atoms. The lowest BCUT2D eigenvalue weighted by Gasteiger charge is -2.07. The molecule has 0 aromatic heterocycles. The van der Waals surface area contributed by atoms with Gasteiger partial charge in [-0.05, 0) is 81.4 Å². The Morgan fingerprint density at radius 3 is 2.10 bits per heavy atom. The Morgan fingerprint density at radius 1 is 0.769 bits per heavy atom. The zero-order chi connectivity index (χ0) is 27.8. The summed E-state index contributed by atoms with van der Waals surface area (Å²) < 4.78 is 10.3. The zero-order valence-corrected chi connectivity index (χ0v) is 21.7. The van der Waals surface area contributed by atoms with E-state index in [2.05, 4.69) is 25.3 Å². The molecule has 0 unspecified atom stereocenters. The first kappa shape index (κ1) is 27.0. The fraction of sp³-hybridized carbons (Fsp3) is 0.0882. The maximum absolute atomic E-state index is 12.3. The van der Waals surface area contributed by atoms with Crippen molar-refractivity contribution in [3.05, 3.63) is 133 Å². The number of ketones is 1. The Balaban J connectivity index is 1.37. The third kappa shape index (κ3) is 7.49. The predicted molar refractivity (Wildman–Crippen MR) is 154 cm³/mol. The van der Waals surface area contributed by atoms with Crippen molar-refractivity contribution in [2.75, 3.05) is 0 Å². The first-order chi connectivity index (χ1) is 18.8. The Morgan fingerprint density at radius 2 is 1.41 bits per heavy atom. The molecule has 0 atom stereocenters. The minimum atomic E-state index is -0.496. The van der Waals surface area contributed by atoms with Crippen molar-refractivity contribution in [3.8, 4) is 16.9 Å². The van der Waals surface area contributed by atoms with Crippen LogP contribution in [0.25, 0.3) is 28.0 Å². The summed E-state index contributed by atoms with van der Waals surface area (Å²) in [5, 5.41) is 2.12. The van der Waals surface area contributed by atoms with E-state index < -0.39 is 11.9 Å². The van der Waals surface area contributed by atoms with Crippen molar-refractivity contribution in [1.82, 2.24) is 0 Å². The highest BCUT2D eigenvalue weighted by molar-refractivity contribution is 5.96. The summed E-state index contributed by atoms with van der Waals surface area (Å²) in [6, 6.07) is 26.9. The van der Waals surface area contributed by atoms with Crippen molar-refractivity contribution >= 4 is 34.6 Å². The fourth-order valence-corrected chi connectivity index (χ4v) is 3.88. The molecule has 4 rings (SSSR count). The van der Waals surface area contributed by atoms with Crippen molar-refractivity contribution in [1.29, 1.82) is 0 Å². The number of rotatable bonds is 10. The molecular formula is C34H28O5. The molecule has 0 aliphatic heterocycles. The van der Waals surface area contributed by atoms with Gasteiger partial charge in [-0.1, -0.05) is 73.8 Å². The highest BCUT2D eigenvalue weighted by atomic mass is 16.5. The van der Waals surface area contributed by atoms with Crippen LogP contribution in [0.15, 0.2) is 116 Å². The Hall–Kier alpha value is -5.03. The van der Waals surface area contributed by atoms with Crippen LogP contribution in [0.4, 0.5) is 0 Å². The minimum Gasteiger partial charge on any atom is -0.458 e. The molecule has 0 radical (unpaired) electrons. The van der Waals surface area contributed by atoms with Crippen LogP contribution < -0.4 is 4.74 Å². The summed E-state index contributed by atoms with van der Waals surface area (Å²) in [6.07, 6.45) is 4.56. The van der Waals surface area contributed by atoms with Crippen LogP contribution in [-0.4, -0.2) is 17.7 Å². The molecule has 4 aromatic rings. The molecule has 0 spiro atoms. The van der Waals surface area contributed by atoms with Crippen molar-refractivity contribution in [3.63, 3.8) is 0 Å². The lowest BCUT2D eigenvalue weighted by molar-refractivity contribution is -0.139. The van der Waals surface area contributed by atoms with Gasteiger partial charge in [0.15, 0.2) is 5.78 Å². The molecule has 0 saturated carbocycles. The van der Waals surface area contributed by atoms with Gasteiger partial charge in [0.2, 0.25) is 0 Å². The van der Waals surface area contributed by atoms with Gasteiger partial charge >= 0.3 is 11.9 Å². The number of hydrogen-bond donors (Lipinski definition) is 0. The average Bonchev–Trinajstić information content (AvgIpc) is 2.95. The number of Topliss-reactive ketones (excluding diaryl/α,β-unsaturated/α-hetero) is 1. The van der Waals surface area contributed by atoms with E-state index in [-0.39, 0.29) is 12.4 Å². The largest absolute Gasteiger partial charge is 0.458 e. The second kappa shape index (κ2) is 12.5. The fourth-order valence-electron chi connectivity index (χ4n) is 3.88. The van der Waals surface area contributed by atoms with Gasteiger partial charge < -0.3 is 9.47 Å². The van der Waals surface area contributed by atoms with Gasteiger partial charge in [0.25, 0.3) is 0 Å². The Kier molecular flexibility index (Phi) is 8.64. The van der Waals surface area contributed by atoms with Crippen molar-refractivity contribution in [2.24, 2.45) is 0 Å². The first-order valence-electron chi connectivity index (χ1n) is 12.4. The summed E-state index contributed by atoms with van der Waals surface area (Å²) in [7, 11) is 0. The Bertz CT molecular complexity index is 1570. The molecule has 0 aliphatic rings. The number of allylic oxidation sites excluding steroid dienone is 1. The lowest BCUT2D eigenvalue weighted by Crippen LogP contribution is -2.04. The first-order valence-corrected chi connectivity index (χ1v) is 12.4. The van der Waals surface area contributed by atoms with Crippen molar-refractivity contribution < 1.29 is 23.9 Å². The molecule has 0 fully saturated rings. The van der Waals surface area contributed by atoms with E-state index in [0.717, 1.165) is 44.7 Å². The number of ether oxygens (including phenoxy) is 2. The molecule has 194 valence electrons. The lowest BCUT2D eigenvalue weighted by atomic mass is 9.98. The molecule has 0 saturated heterocycles. The summed E-state index contributed by atoms with van der Waals surface area (Å²) in [5.41, 5.74) is 5.32. The average molecular weight is 517 g/mol. The summed E-state index contributed by atoms with van der Waals surface area (Å²) >= 11 is 0. The van der Waals surface area contributed by atoms with E-state index >= 15 is 0 Å². The van der Waals surface area contributed by atoms with Crippen LogP contribution in [-0.2, 0) is 32.1 Å². The van der Waals surface area contributed by atoms with E-state index in [0.29, 0.717) is 17.7 Å². The minimum absolute atomic E-state index is 0.0472. The van der Waals surface area contributed by atoms with Gasteiger partial charge in [-0.3, -0.25) is 4.79 Å². The van der Waals surface area contributed by atoms with E-state index in [1.54, 1.807) is 37.3 Å². The van der Waals surface area contributed by atoms with Crippen LogP contribution in [0.2, 0.25) is 0 Å². The van der Waals surface area contributed by atoms with E-state index in [4.69, 9.17) is 9.47 Å². The van der Waals surface area contributed by atoms with Gasteiger partial charge in [-0.25, -0.2) is 9.59 Å². The zero-order valence-electron chi connectivity index (χ0n) is 21.7. The summed E-state index contributed by atoms with van der Waals surface area (Å²) in [6.45, 7) is 8.91. The third-order valence-corrected chi connectivity index (χ3v) is 6.09. The van der Waals surface area contributed by atoms with Gasteiger partial charge in [-0.15, -0.1) is 0 Å². The van der Waals surface area contributed by atoms with Crippen LogP contribution in [0, 0.1) is 0 Å². The number of esters is 2. The third-order valence-electron chi connectivity index (χ3n) is 6.09. The van der Waals surface area contributed by atoms with Crippen molar-refractivity contribution in [2.45, 2.75) is 20.0 Å². The molecule has 0 N–H and O–H groups in total. The topological polar surface area (TPSA) is 69.7 Å². The quantitative estimate of drug-likeness (QED) is 0.128. The number of benzene rings is 4. The molecule has 0 aliphatic carbocycles. The molecule has 5 nitrogen and oxygen atoms in total. The van der Waals surface area contributed by atoms with Crippen LogP contribution in [0.1, 0.15) is 23.6 Å². The van der Waals surface area contributed by atoms with Crippen LogP contribution in [0.5, 0.6) is 5.75 Å². The van der Waals surface area contributed by atoms with Crippen LogP contribution >= 0.6 is 0 Å². The van der Waals surface area contributed by atoms with Gasteiger partial charge in [0.1, 0.15) is 12.4 Å². The highest BCUT2D eigenvalue weighted by Crippen LogP contribution is 2.26. The monoisotopic (exact) mass is 516 g/mol. The van der Waals surface area contributed by atoms with E-state index in [9.17, 15) is 14.4 Å². The van der Waals surface area contributed by atoms with Crippen LogP contribution in [0.3, 0.4) is 0 Å². The molecule has 4 aromatic carbocycles. The Labute approximate surface area is 227 Å². The maximum Gasteiger partial charge on any atom is 0.336 e. The SMILES string of the molecule is C=CC(=O)OCc1ccc(OC(=O)/C=C/c2ccc3cc(-c4ccc(CC(=O)C(=C)C)cc4)ccc3c2)cc1. The standard InChI is InChI=1S/C34H28O5/c1-4-33(36)38-22-26-8-16-31(17-9-26)39-34(37)18-10-24-7-13-30-21-29(15-14-28(30)19-24)27-11-5-25(6-12-27)20-32(35)23(2)3/h4-19,21H,1-2,20,22H2,3H3/b18-10+. The highest BCUT2D eigenvalue weighted by Gasteiger charge is 2.06. The predicted octanol–water partition coefficient (Wildman–Crippen LogP) is 7.04. The molecule has 0 bridgehead atoms. The molecule has 0 heterocycles. The summed E-state index contributed by atoms with van der Waals surface area (Å²) in [5.74, 6) is -0.551. The molecule has 0 amide bonds. The number of fused-ring (bicyclic) bond motifs is 1. The van der Waals surface area contributed by atoms with Gasteiger partial charge in [0.05, 0.1) is 0 Å². The molecule has 5 heteroatoms. The summed E-state index contributed by atoms with van der Waals surface area (Å²) in [4.78, 5) is 35.4. The second-order valence-electron chi connectivity index (χ2n) is 9.11. The smallest absolute Gasteiger partial charge is 0.336 e. The number of hydrogen-bond acceptors (Lipinski definition) is 5. The van der Waals surface area contributed by atoms with Gasteiger partial charge in [0, 0.05) is 18.6 Å². The number of carbonyl (C=O) groups is 3. The normalized spacial score (nSPS) is 10.8. The molecular weight excluding hydrogens is 488 g/mol. The maximum atomic E-state index is 12.3. The second-order valence-corrected chi connectivity index (χ2v) is 9.11. The van der Waals surface area contributed by atoms with E-state index in [1.165, 1.54) is 6.08 Å². The van der Waals surface area contributed by atoms with E-state index in [1.807, 2.05) is 48.5 Å². The van der Waals surface area contributed by atoms with Gasteiger partial charge in [-0.2, -0.15) is 0 Å².